The van der Waals surface area contributed by atoms with Crippen LogP contribution in [0, 0.1) is 11.3 Å². The predicted octanol–water partition coefficient (Wildman–Crippen LogP) is 2.88. The van der Waals surface area contributed by atoms with E-state index in [2.05, 4.69) is 26.8 Å². The van der Waals surface area contributed by atoms with Gasteiger partial charge in [-0.05, 0) is 43.1 Å². The van der Waals surface area contributed by atoms with E-state index < -0.39 is 0 Å². The molecule has 21 heavy (non-hydrogen) atoms. The monoisotopic (exact) mass is 308 g/mol. The summed E-state index contributed by atoms with van der Waals surface area (Å²) in [5.41, 5.74) is 1.78. The second-order valence-corrected chi connectivity index (χ2v) is 7.09. The standard InChI is InChI=1S/C16H25ClN4/c1-18-15(19-11-16(6-7-16)12-4-5-12)21(3)10-14-8-13(17)9-20(14)2/h8-9,12H,4-7,10-11H2,1-3H3,(H,18,19). The maximum atomic E-state index is 6.05. The number of aromatic nitrogens is 1. The lowest BCUT2D eigenvalue weighted by molar-refractivity contribution is 0.406. The SMILES string of the molecule is CN=C(NCC1(C2CC2)CC1)N(C)Cc1cc(Cl)cn1C. The highest BCUT2D eigenvalue weighted by atomic mass is 35.5. The molecule has 0 spiro atoms. The zero-order valence-corrected chi connectivity index (χ0v) is 14.0. The summed E-state index contributed by atoms with van der Waals surface area (Å²) in [7, 11) is 5.96. The van der Waals surface area contributed by atoms with E-state index in [4.69, 9.17) is 11.6 Å². The van der Waals surface area contributed by atoms with Crippen molar-refractivity contribution in [1.29, 1.82) is 0 Å². The molecule has 1 heterocycles. The normalized spacial score (nSPS) is 20.5. The third kappa shape index (κ3) is 3.20. The number of rotatable bonds is 5. The van der Waals surface area contributed by atoms with Crippen molar-refractivity contribution in [2.75, 3.05) is 20.6 Å². The number of aryl methyl sites for hydroxylation is 1. The van der Waals surface area contributed by atoms with Gasteiger partial charge in [0.05, 0.1) is 11.6 Å². The second-order valence-electron chi connectivity index (χ2n) is 6.65. The van der Waals surface area contributed by atoms with Crippen LogP contribution >= 0.6 is 11.6 Å². The Kier molecular flexibility index (Phi) is 3.91. The molecule has 1 aromatic heterocycles. The fraction of sp³-hybridized carbons (Fsp3) is 0.688. The predicted molar refractivity (Wildman–Crippen MR) is 87.6 cm³/mol. The van der Waals surface area contributed by atoms with Crippen LogP contribution in [0.1, 0.15) is 31.4 Å². The first-order chi connectivity index (χ1) is 10.0. The van der Waals surface area contributed by atoms with Crippen molar-refractivity contribution < 1.29 is 0 Å². The quantitative estimate of drug-likeness (QED) is 0.670. The lowest BCUT2D eigenvalue weighted by atomic mass is 10.0. The molecule has 4 nitrogen and oxygen atoms in total. The second kappa shape index (κ2) is 5.56. The number of guanidine groups is 1. The van der Waals surface area contributed by atoms with Crippen LogP contribution in [0.3, 0.4) is 0 Å². The molecule has 116 valence electrons. The van der Waals surface area contributed by atoms with E-state index in [1.165, 1.54) is 31.4 Å². The Morgan fingerprint density at radius 2 is 2.24 bits per heavy atom. The lowest BCUT2D eigenvalue weighted by Gasteiger charge is -2.24. The molecule has 3 rings (SSSR count). The smallest absolute Gasteiger partial charge is 0.193 e. The van der Waals surface area contributed by atoms with Crippen LogP contribution in [-0.2, 0) is 13.6 Å². The topological polar surface area (TPSA) is 32.6 Å². The Hall–Kier alpha value is -1.16. The van der Waals surface area contributed by atoms with Crippen LogP contribution < -0.4 is 5.32 Å². The van der Waals surface area contributed by atoms with Gasteiger partial charge in [-0.3, -0.25) is 4.99 Å². The van der Waals surface area contributed by atoms with E-state index in [9.17, 15) is 0 Å². The first kappa shape index (κ1) is 14.8. The van der Waals surface area contributed by atoms with Crippen molar-refractivity contribution in [2.24, 2.45) is 23.4 Å². The molecule has 2 fully saturated rings. The number of hydrogen-bond acceptors (Lipinski definition) is 1. The molecule has 0 saturated heterocycles. The van der Waals surface area contributed by atoms with Gasteiger partial charge in [-0.25, -0.2) is 0 Å². The van der Waals surface area contributed by atoms with Crippen LogP contribution in [-0.4, -0.2) is 36.1 Å². The van der Waals surface area contributed by atoms with Gasteiger partial charge in [-0.15, -0.1) is 0 Å². The molecule has 2 aliphatic rings. The van der Waals surface area contributed by atoms with Crippen molar-refractivity contribution in [3.05, 3.63) is 23.0 Å². The van der Waals surface area contributed by atoms with Gasteiger partial charge in [0.2, 0.25) is 0 Å². The largest absolute Gasteiger partial charge is 0.356 e. The molecule has 0 amide bonds. The molecule has 2 aliphatic carbocycles. The van der Waals surface area contributed by atoms with Gasteiger partial charge >= 0.3 is 0 Å². The molecule has 0 aromatic carbocycles. The first-order valence-electron chi connectivity index (χ1n) is 7.76. The zero-order chi connectivity index (χ0) is 15.0. The summed E-state index contributed by atoms with van der Waals surface area (Å²) in [6.45, 7) is 1.88. The molecule has 0 radical (unpaired) electrons. The molecular formula is C16H25ClN4. The Morgan fingerprint density at radius 1 is 1.52 bits per heavy atom. The van der Waals surface area contributed by atoms with E-state index in [1.54, 1.807) is 0 Å². The van der Waals surface area contributed by atoms with Crippen molar-refractivity contribution in [3.8, 4) is 0 Å². The van der Waals surface area contributed by atoms with Gasteiger partial charge in [0.25, 0.3) is 0 Å². The highest BCUT2D eigenvalue weighted by Gasteiger charge is 2.53. The molecule has 0 unspecified atom stereocenters. The summed E-state index contributed by atoms with van der Waals surface area (Å²) in [6, 6.07) is 2.01. The van der Waals surface area contributed by atoms with Gasteiger partial charge in [0.15, 0.2) is 5.96 Å². The number of hydrogen-bond donors (Lipinski definition) is 1. The van der Waals surface area contributed by atoms with E-state index in [-0.39, 0.29) is 0 Å². The van der Waals surface area contributed by atoms with Crippen LogP contribution in [0.15, 0.2) is 17.3 Å². The first-order valence-corrected chi connectivity index (χ1v) is 8.14. The Bertz CT molecular complexity index is 540. The summed E-state index contributed by atoms with van der Waals surface area (Å²) in [6.07, 6.45) is 7.57. The number of nitrogens with one attached hydrogen (secondary N) is 1. The Morgan fingerprint density at radius 3 is 2.71 bits per heavy atom. The van der Waals surface area contributed by atoms with Crippen molar-refractivity contribution >= 4 is 17.6 Å². The highest BCUT2D eigenvalue weighted by molar-refractivity contribution is 6.30. The average Bonchev–Trinajstić information content (AvgIpc) is 3.32. The summed E-state index contributed by atoms with van der Waals surface area (Å²) in [4.78, 5) is 6.58. The molecule has 0 aliphatic heterocycles. The highest BCUT2D eigenvalue weighted by Crippen LogP contribution is 2.60. The Balaban J connectivity index is 1.56. The minimum absolute atomic E-state index is 0.588. The molecule has 5 heteroatoms. The summed E-state index contributed by atoms with van der Waals surface area (Å²) >= 11 is 6.05. The average molecular weight is 309 g/mol. The summed E-state index contributed by atoms with van der Waals surface area (Å²) < 4.78 is 2.07. The molecule has 2 saturated carbocycles. The summed E-state index contributed by atoms with van der Waals surface area (Å²) in [5, 5.41) is 4.36. The summed E-state index contributed by atoms with van der Waals surface area (Å²) in [5.74, 6) is 1.94. The minimum atomic E-state index is 0.588. The van der Waals surface area contributed by atoms with Crippen LogP contribution in [0.25, 0.3) is 0 Å². The van der Waals surface area contributed by atoms with E-state index in [1.807, 2.05) is 26.4 Å². The maximum absolute atomic E-state index is 6.05. The molecular weight excluding hydrogens is 284 g/mol. The van der Waals surface area contributed by atoms with Crippen molar-refractivity contribution in [3.63, 3.8) is 0 Å². The fourth-order valence-corrected chi connectivity index (χ4v) is 3.54. The van der Waals surface area contributed by atoms with E-state index >= 15 is 0 Å². The van der Waals surface area contributed by atoms with Gasteiger partial charge < -0.3 is 14.8 Å². The van der Waals surface area contributed by atoms with Gasteiger partial charge in [-0.2, -0.15) is 0 Å². The maximum Gasteiger partial charge on any atom is 0.193 e. The van der Waals surface area contributed by atoms with Gasteiger partial charge in [-0.1, -0.05) is 11.6 Å². The van der Waals surface area contributed by atoms with E-state index in [0.29, 0.717) is 5.41 Å². The van der Waals surface area contributed by atoms with Crippen molar-refractivity contribution in [2.45, 2.75) is 32.2 Å². The molecule has 0 atom stereocenters. The van der Waals surface area contributed by atoms with Crippen LogP contribution in [0.5, 0.6) is 0 Å². The third-order valence-corrected chi connectivity index (χ3v) is 5.19. The number of halogens is 1. The zero-order valence-electron chi connectivity index (χ0n) is 13.2. The molecule has 1 aromatic rings. The lowest BCUT2D eigenvalue weighted by Crippen LogP contribution is -2.41. The number of aliphatic imine (C=N–C) groups is 1. The van der Waals surface area contributed by atoms with E-state index in [0.717, 1.165) is 30.0 Å². The fourth-order valence-electron chi connectivity index (χ4n) is 3.27. The Labute approximate surface area is 132 Å². The van der Waals surface area contributed by atoms with Crippen LogP contribution in [0.4, 0.5) is 0 Å². The molecule has 1 N–H and O–H groups in total. The van der Waals surface area contributed by atoms with Crippen molar-refractivity contribution in [1.82, 2.24) is 14.8 Å². The number of nitrogens with zero attached hydrogens (tertiary/aromatic N) is 3. The van der Waals surface area contributed by atoms with Gasteiger partial charge in [0, 0.05) is 39.6 Å². The molecule has 0 bridgehead atoms. The van der Waals surface area contributed by atoms with Gasteiger partial charge in [0.1, 0.15) is 0 Å². The van der Waals surface area contributed by atoms with Crippen LogP contribution in [0.2, 0.25) is 5.02 Å². The minimum Gasteiger partial charge on any atom is -0.356 e. The third-order valence-electron chi connectivity index (χ3n) is 4.98.